The van der Waals surface area contributed by atoms with Crippen molar-refractivity contribution in [1.82, 2.24) is 9.55 Å². The van der Waals surface area contributed by atoms with Crippen LogP contribution in [-0.4, -0.2) is 15.3 Å². The van der Waals surface area contributed by atoms with E-state index >= 15 is 0 Å². The van der Waals surface area contributed by atoms with Crippen molar-refractivity contribution >= 4 is 22.5 Å². The maximum Gasteiger partial charge on any atom is 0.416 e. The Morgan fingerprint density at radius 3 is 2.33 bits per heavy atom. The summed E-state index contributed by atoms with van der Waals surface area (Å²) in [6.45, 7) is 0. The maximum atomic E-state index is 12.6. The topological polar surface area (TPSA) is 46.9 Å². The van der Waals surface area contributed by atoms with Crippen molar-refractivity contribution in [2.45, 2.75) is 6.18 Å². The van der Waals surface area contributed by atoms with Crippen molar-refractivity contribution in [1.29, 1.82) is 0 Å². The predicted molar refractivity (Wildman–Crippen MR) is 110 cm³/mol. The average molecular weight is 407 g/mol. The van der Waals surface area contributed by atoms with Gasteiger partial charge in [0.15, 0.2) is 5.78 Å². The molecule has 0 amide bonds. The zero-order valence-electron chi connectivity index (χ0n) is 15.6. The number of carbonyl (C=O) groups is 1. The molecule has 0 bridgehead atoms. The van der Waals surface area contributed by atoms with Gasteiger partial charge in [0.1, 0.15) is 6.33 Å². The fourth-order valence-corrected chi connectivity index (χ4v) is 3.02. The van der Waals surface area contributed by atoms with Crippen LogP contribution >= 0.6 is 0 Å². The largest absolute Gasteiger partial charge is 0.416 e. The van der Waals surface area contributed by atoms with Gasteiger partial charge in [0, 0.05) is 29.2 Å². The first kappa shape index (κ1) is 19.4. The van der Waals surface area contributed by atoms with Crippen molar-refractivity contribution < 1.29 is 18.0 Å². The minimum atomic E-state index is -4.38. The lowest BCUT2D eigenvalue weighted by atomic mass is 10.1. The molecule has 4 aromatic rings. The van der Waals surface area contributed by atoms with Gasteiger partial charge in [-0.2, -0.15) is 13.2 Å². The van der Waals surface area contributed by atoms with Crippen molar-refractivity contribution in [3.8, 4) is 5.69 Å². The summed E-state index contributed by atoms with van der Waals surface area (Å²) in [4.78, 5) is 16.7. The molecule has 0 saturated carbocycles. The van der Waals surface area contributed by atoms with E-state index in [0.29, 0.717) is 11.3 Å². The van der Waals surface area contributed by atoms with Gasteiger partial charge < -0.3 is 5.32 Å². The van der Waals surface area contributed by atoms with Gasteiger partial charge in [-0.15, -0.1) is 0 Å². The van der Waals surface area contributed by atoms with Gasteiger partial charge in [-0.05, 0) is 60.7 Å². The number of aromatic nitrogens is 2. The van der Waals surface area contributed by atoms with Crippen LogP contribution < -0.4 is 5.32 Å². The molecule has 0 unspecified atom stereocenters. The summed E-state index contributed by atoms with van der Waals surface area (Å²) >= 11 is 0. The normalized spacial score (nSPS) is 11.8. The number of benzene rings is 3. The molecule has 3 aromatic carbocycles. The quantitative estimate of drug-likeness (QED) is 0.333. The average Bonchev–Trinajstić information content (AvgIpc) is 3.18. The number of nitrogens with one attached hydrogen (secondary N) is 1. The number of alkyl halides is 3. The molecular weight excluding hydrogens is 391 g/mol. The second-order valence-electron chi connectivity index (χ2n) is 6.57. The van der Waals surface area contributed by atoms with E-state index in [-0.39, 0.29) is 5.78 Å². The predicted octanol–water partition coefficient (Wildman–Crippen LogP) is 5.85. The minimum absolute atomic E-state index is 0.226. The molecule has 0 aliphatic heterocycles. The molecule has 0 atom stereocenters. The first-order valence-corrected chi connectivity index (χ1v) is 9.09. The summed E-state index contributed by atoms with van der Waals surface area (Å²) in [6.07, 6.45) is 0.0936. The number of allylic oxidation sites excluding steroid dienone is 1. The van der Waals surface area contributed by atoms with E-state index in [9.17, 15) is 18.0 Å². The summed E-state index contributed by atoms with van der Waals surface area (Å²) < 4.78 is 39.7. The molecule has 1 N–H and O–H groups in total. The van der Waals surface area contributed by atoms with Crippen LogP contribution in [0.2, 0.25) is 0 Å². The highest BCUT2D eigenvalue weighted by Gasteiger charge is 2.29. The molecule has 1 heterocycles. The van der Waals surface area contributed by atoms with Crippen molar-refractivity contribution in [2.24, 2.45) is 0 Å². The van der Waals surface area contributed by atoms with Gasteiger partial charge in [0.25, 0.3) is 0 Å². The van der Waals surface area contributed by atoms with Crippen molar-refractivity contribution in [3.63, 3.8) is 0 Å². The minimum Gasteiger partial charge on any atom is -0.362 e. The number of hydrogen-bond acceptors (Lipinski definition) is 3. The van der Waals surface area contributed by atoms with Gasteiger partial charge in [-0.1, -0.05) is 12.1 Å². The Bertz CT molecular complexity index is 1210. The molecule has 0 saturated heterocycles. The second-order valence-corrected chi connectivity index (χ2v) is 6.57. The molecule has 0 aliphatic rings. The number of rotatable bonds is 5. The van der Waals surface area contributed by atoms with Crippen LogP contribution in [0.3, 0.4) is 0 Å². The van der Waals surface area contributed by atoms with Crippen LogP contribution in [0.1, 0.15) is 15.9 Å². The number of hydrogen-bond donors (Lipinski definition) is 1. The lowest BCUT2D eigenvalue weighted by molar-refractivity contribution is -0.137. The third-order valence-corrected chi connectivity index (χ3v) is 4.58. The summed E-state index contributed by atoms with van der Waals surface area (Å²) in [7, 11) is 0. The fourth-order valence-electron chi connectivity index (χ4n) is 3.02. The monoisotopic (exact) mass is 407 g/mol. The molecule has 4 rings (SSSR count). The van der Waals surface area contributed by atoms with Gasteiger partial charge in [0.05, 0.1) is 16.6 Å². The fraction of sp³-hybridized carbons (Fsp3) is 0.0435. The van der Waals surface area contributed by atoms with Crippen LogP contribution in [0.15, 0.2) is 91.4 Å². The molecule has 0 radical (unpaired) electrons. The van der Waals surface area contributed by atoms with Crippen LogP contribution in [-0.2, 0) is 6.18 Å². The number of anilines is 1. The molecule has 30 heavy (non-hydrogen) atoms. The lowest BCUT2D eigenvalue weighted by Crippen LogP contribution is -2.04. The highest BCUT2D eigenvalue weighted by molar-refractivity contribution is 6.04. The Morgan fingerprint density at radius 1 is 0.933 bits per heavy atom. The summed E-state index contributed by atoms with van der Waals surface area (Å²) in [5.74, 6) is -0.226. The maximum absolute atomic E-state index is 12.6. The summed E-state index contributed by atoms with van der Waals surface area (Å²) in [5, 5.41) is 2.80. The highest BCUT2D eigenvalue weighted by Crippen LogP contribution is 2.29. The number of carbonyl (C=O) groups excluding carboxylic acids is 1. The standard InChI is InChI=1S/C23H16F3N3O/c24-23(25,26)17-7-9-18(10-8-17)27-14-13-22(30)16-5-11-19(12-6-16)29-15-28-20-3-1-2-4-21(20)29/h1-15,27H/b14-13+. The number of nitrogens with zero attached hydrogens (tertiary/aromatic N) is 2. The van der Waals surface area contributed by atoms with E-state index < -0.39 is 11.7 Å². The van der Waals surface area contributed by atoms with Crippen molar-refractivity contribution in [3.05, 3.63) is 103 Å². The van der Waals surface area contributed by atoms with Crippen LogP contribution in [0.5, 0.6) is 0 Å². The number of ketones is 1. The molecule has 0 aliphatic carbocycles. The molecular formula is C23H16F3N3O. The van der Waals surface area contributed by atoms with E-state index in [0.717, 1.165) is 28.9 Å². The summed E-state index contributed by atoms with van der Waals surface area (Å²) in [5.41, 5.74) is 2.96. The second kappa shape index (κ2) is 7.87. The lowest BCUT2D eigenvalue weighted by Gasteiger charge is -2.07. The Balaban J connectivity index is 1.42. The highest BCUT2D eigenvalue weighted by atomic mass is 19.4. The van der Waals surface area contributed by atoms with Crippen LogP contribution in [0.4, 0.5) is 18.9 Å². The molecule has 150 valence electrons. The first-order valence-electron chi connectivity index (χ1n) is 9.09. The molecule has 1 aromatic heterocycles. The molecule has 7 heteroatoms. The Morgan fingerprint density at radius 2 is 1.63 bits per heavy atom. The Kier molecular flexibility index (Phi) is 5.10. The van der Waals surface area contributed by atoms with E-state index in [1.165, 1.54) is 24.4 Å². The van der Waals surface area contributed by atoms with Gasteiger partial charge >= 0.3 is 6.18 Å². The van der Waals surface area contributed by atoms with E-state index in [4.69, 9.17) is 0 Å². The van der Waals surface area contributed by atoms with Gasteiger partial charge in [-0.3, -0.25) is 9.36 Å². The number of para-hydroxylation sites is 2. The number of halogens is 3. The smallest absolute Gasteiger partial charge is 0.362 e. The Hall–Kier alpha value is -3.87. The molecule has 4 nitrogen and oxygen atoms in total. The third-order valence-electron chi connectivity index (χ3n) is 4.58. The zero-order chi connectivity index (χ0) is 21.1. The van der Waals surface area contributed by atoms with E-state index in [1.807, 2.05) is 41.0 Å². The SMILES string of the molecule is O=C(/C=C/Nc1ccc(C(F)(F)F)cc1)c1ccc(-n2cnc3ccccc32)cc1. The van der Waals surface area contributed by atoms with Crippen LogP contribution in [0.25, 0.3) is 16.7 Å². The van der Waals surface area contributed by atoms with Crippen LogP contribution in [0, 0.1) is 0 Å². The third kappa shape index (κ3) is 4.10. The number of fused-ring (bicyclic) bond motifs is 1. The van der Waals surface area contributed by atoms with Gasteiger partial charge in [-0.25, -0.2) is 4.98 Å². The first-order chi connectivity index (χ1) is 14.4. The van der Waals surface area contributed by atoms with E-state index in [2.05, 4.69) is 10.3 Å². The molecule has 0 spiro atoms. The van der Waals surface area contributed by atoms with Crippen molar-refractivity contribution in [2.75, 3.05) is 5.32 Å². The zero-order valence-corrected chi connectivity index (χ0v) is 15.6. The van der Waals surface area contributed by atoms with E-state index in [1.54, 1.807) is 18.5 Å². The molecule has 0 fully saturated rings. The summed E-state index contributed by atoms with van der Waals surface area (Å²) in [6, 6.07) is 19.4. The van der Waals surface area contributed by atoms with Gasteiger partial charge in [0.2, 0.25) is 0 Å². The Labute approximate surface area is 170 Å². The number of imidazole rings is 1.